The van der Waals surface area contributed by atoms with E-state index in [9.17, 15) is 4.79 Å². The van der Waals surface area contributed by atoms with Gasteiger partial charge in [0.15, 0.2) is 0 Å². The molecule has 2 saturated heterocycles. The molecule has 0 aromatic heterocycles. The molecule has 0 aromatic carbocycles. The topological polar surface area (TPSA) is 35.6 Å². The first kappa shape index (κ1) is 17.7. The minimum atomic E-state index is 0.240. The number of hydrogen-bond acceptors (Lipinski definition) is 3. The van der Waals surface area contributed by atoms with Crippen molar-refractivity contribution >= 4 is 5.91 Å². The van der Waals surface area contributed by atoms with Crippen LogP contribution >= 0.6 is 0 Å². The van der Waals surface area contributed by atoms with Gasteiger partial charge in [0.25, 0.3) is 0 Å². The van der Waals surface area contributed by atoms with Gasteiger partial charge in [0.2, 0.25) is 5.91 Å². The first-order valence-electron chi connectivity index (χ1n) is 9.27. The Morgan fingerprint density at radius 2 is 1.86 bits per heavy atom. The normalized spacial score (nSPS) is 25.5. The molecule has 0 spiro atoms. The summed E-state index contributed by atoms with van der Waals surface area (Å²) in [6.07, 6.45) is 4.72. The molecule has 22 heavy (non-hydrogen) atoms. The highest BCUT2D eigenvalue weighted by atomic mass is 16.1. The van der Waals surface area contributed by atoms with Gasteiger partial charge in [-0.1, -0.05) is 20.8 Å². The summed E-state index contributed by atoms with van der Waals surface area (Å²) in [7, 11) is 0. The molecular weight excluding hydrogens is 274 g/mol. The molecule has 128 valence electrons. The van der Waals surface area contributed by atoms with Crippen molar-refractivity contribution < 1.29 is 4.79 Å². The van der Waals surface area contributed by atoms with Gasteiger partial charge < -0.3 is 15.1 Å². The second kappa shape index (κ2) is 8.88. The Kier molecular flexibility index (Phi) is 7.16. The highest BCUT2D eigenvalue weighted by Gasteiger charge is 2.25. The number of nitrogens with zero attached hydrogens (tertiary/aromatic N) is 2. The minimum absolute atomic E-state index is 0.240. The fourth-order valence-electron chi connectivity index (χ4n) is 3.87. The Morgan fingerprint density at radius 1 is 1.14 bits per heavy atom. The molecule has 2 rings (SSSR count). The first-order chi connectivity index (χ1) is 10.5. The molecule has 2 fully saturated rings. The van der Waals surface area contributed by atoms with E-state index in [0.717, 1.165) is 50.9 Å². The number of rotatable bonds is 6. The van der Waals surface area contributed by atoms with Crippen LogP contribution in [0.15, 0.2) is 0 Å². The van der Waals surface area contributed by atoms with Crippen LogP contribution in [-0.2, 0) is 4.79 Å². The number of carbonyl (C=O) groups is 1. The predicted molar refractivity (Wildman–Crippen MR) is 91.8 cm³/mol. The van der Waals surface area contributed by atoms with Gasteiger partial charge in [0.05, 0.1) is 0 Å². The van der Waals surface area contributed by atoms with Crippen molar-refractivity contribution in [3.8, 4) is 0 Å². The Labute approximate surface area is 136 Å². The summed E-state index contributed by atoms with van der Waals surface area (Å²) >= 11 is 0. The van der Waals surface area contributed by atoms with Crippen LogP contribution in [-0.4, -0.2) is 61.5 Å². The Morgan fingerprint density at radius 3 is 2.50 bits per heavy atom. The quantitative estimate of drug-likeness (QED) is 0.817. The third kappa shape index (κ3) is 5.88. The van der Waals surface area contributed by atoms with Crippen molar-refractivity contribution in [1.82, 2.24) is 15.1 Å². The Hall–Kier alpha value is -0.610. The van der Waals surface area contributed by atoms with Gasteiger partial charge in [-0.05, 0) is 57.2 Å². The summed E-state index contributed by atoms with van der Waals surface area (Å²) in [6, 6.07) is 0. The van der Waals surface area contributed by atoms with Gasteiger partial charge in [0.1, 0.15) is 0 Å². The van der Waals surface area contributed by atoms with Crippen molar-refractivity contribution in [2.24, 2.45) is 17.8 Å². The molecular formula is C18H35N3O. The second-order valence-corrected chi connectivity index (χ2v) is 7.81. The third-order valence-corrected chi connectivity index (χ3v) is 5.05. The lowest BCUT2D eigenvalue weighted by atomic mass is 9.95. The van der Waals surface area contributed by atoms with Gasteiger partial charge in [-0.2, -0.15) is 0 Å². The molecule has 0 aliphatic carbocycles. The summed E-state index contributed by atoms with van der Waals surface area (Å²) in [5.74, 6) is 2.06. The largest absolute Gasteiger partial charge is 0.355 e. The van der Waals surface area contributed by atoms with Crippen molar-refractivity contribution in [3.05, 3.63) is 0 Å². The standard InChI is InChI=1S/C18H35N3O/c1-15(2)13-21-10-6-17(7-11-21)18(22)19-8-12-20-9-4-5-16(3)14-20/h15-17H,4-14H2,1-3H3,(H,19,22)/t16-/m1/s1. The van der Waals surface area contributed by atoms with Crippen LogP contribution < -0.4 is 5.32 Å². The molecule has 0 bridgehead atoms. The monoisotopic (exact) mass is 309 g/mol. The number of amides is 1. The van der Waals surface area contributed by atoms with Crippen molar-refractivity contribution in [2.75, 3.05) is 45.8 Å². The SMILES string of the molecule is CC(C)CN1CCC(C(=O)NCCN2CCC[C@@H](C)C2)CC1. The second-order valence-electron chi connectivity index (χ2n) is 7.81. The van der Waals surface area contributed by atoms with E-state index >= 15 is 0 Å². The van der Waals surface area contributed by atoms with Crippen LogP contribution in [0.4, 0.5) is 0 Å². The predicted octanol–water partition coefficient (Wildman–Crippen LogP) is 2.20. The molecule has 2 heterocycles. The van der Waals surface area contributed by atoms with E-state index in [1.54, 1.807) is 0 Å². The fourth-order valence-corrected chi connectivity index (χ4v) is 3.87. The molecule has 2 aliphatic rings. The molecule has 1 amide bonds. The number of carbonyl (C=O) groups excluding carboxylic acids is 1. The van der Waals surface area contributed by atoms with Gasteiger partial charge in [-0.15, -0.1) is 0 Å². The zero-order valence-electron chi connectivity index (χ0n) is 14.8. The summed E-state index contributed by atoms with van der Waals surface area (Å²) in [5, 5.41) is 3.17. The first-order valence-corrected chi connectivity index (χ1v) is 9.27. The van der Waals surface area contributed by atoms with E-state index in [1.807, 2.05) is 0 Å². The summed E-state index contributed by atoms with van der Waals surface area (Å²) in [4.78, 5) is 17.3. The van der Waals surface area contributed by atoms with Gasteiger partial charge in [-0.25, -0.2) is 0 Å². The molecule has 4 nitrogen and oxygen atoms in total. The van der Waals surface area contributed by atoms with Crippen LogP contribution in [0.2, 0.25) is 0 Å². The maximum atomic E-state index is 12.3. The Bertz CT molecular complexity index is 337. The summed E-state index contributed by atoms with van der Waals surface area (Å²) in [6.45, 7) is 14.4. The highest BCUT2D eigenvalue weighted by Crippen LogP contribution is 2.18. The van der Waals surface area contributed by atoms with E-state index in [-0.39, 0.29) is 11.8 Å². The average Bonchev–Trinajstić information content (AvgIpc) is 2.47. The Balaban J connectivity index is 1.60. The maximum Gasteiger partial charge on any atom is 0.223 e. The average molecular weight is 309 g/mol. The molecule has 1 atom stereocenters. The van der Waals surface area contributed by atoms with Crippen molar-refractivity contribution in [1.29, 1.82) is 0 Å². The van der Waals surface area contributed by atoms with E-state index in [1.165, 1.54) is 32.5 Å². The van der Waals surface area contributed by atoms with Gasteiger partial charge in [0, 0.05) is 32.1 Å². The van der Waals surface area contributed by atoms with Crippen LogP contribution in [0.25, 0.3) is 0 Å². The van der Waals surface area contributed by atoms with Crippen molar-refractivity contribution in [2.45, 2.75) is 46.5 Å². The zero-order chi connectivity index (χ0) is 15.9. The van der Waals surface area contributed by atoms with Crippen LogP contribution in [0.1, 0.15) is 46.5 Å². The maximum absolute atomic E-state index is 12.3. The smallest absolute Gasteiger partial charge is 0.223 e. The number of piperidine rings is 2. The van der Waals surface area contributed by atoms with Crippen LogP contribution in [0.3, 0.4) is 0 Å². The lowest BCUT2D eigenvalue weighted by Gasteiger charge is -2.33. The molecule has 4 heteroatoms. The molecule has 1 N–H and O–H groups in total. The molecule has 0 saturated carbocycles. The van der Waals surface area contributed by atoms with Gasteiger partial charge in [-0.3, -0.25) is 4.79 Å². The zero-order valence-corrected chi connectivity index (χ0v) is 14.8. The molecule has 0 unspecified atom stereocenters. The molecule has 0 aromatic rings. The molecule has 2 aliphatic heterocycles. The third-order valence-electron chi connectivity index (χ3n) is 5.05. The number of hydrogen-bond donors (Lipinski definition) is 1. The highest BCUT2D eigenvalue weighted by molar-refractivity contribution is 5.78. The lowest BCUT2D eigenvalue weighted by molar-refractivity contribution is -0.126. The van der Waals surface area contributed by atoms with Crippen LogP contribution in [0, 0.1) is 17.8 Å². The van der Waals surface area contributed by atoms with E-state index in [0.29, 0.717) is 0 Å². The summed E-state index contributed by atoms with van der Waals surface area (Å²) < 4.78 is 0. The fraction of sp³-hybridized carbons (Fsp3) is 0.944. The number of nitrogens with one attached hydrogen (secondary N) is 1. The van der Waals surface area contributed by atoms with Crippen LogP contribution in [0.5, 0.6) is 0 Å². The van der Waals surface area contributed by atoms with Crippen molar-refractivity contribution in [3.63, 3.8) is 0 Å². The lowest BCUT2D eigenvalue weighted by Crippen LogP contribution is -2.44. The summed E-state index contributed by atoms with van der Waals surface area (Å²) in [5.41, 5.74) is 0. The number of likely N-dealkylation sites (tertiary alicyclic amines) is 2. The minimum Gasteiger partial charge on any atom is -0.355 e. The van der Waals surface area contributed by atoms with Gasteiger partial charge >= 0.3 is 0 Å². The van der Waals surface area contributed by atoms with E-state index in [4.69, 9.17) is 0 Å². The van der Waals surface area contributed by atoms with E-state index < -0.39 is 0 Å². The van der Waals surface area contributed by atoms with E-state index in [2.05, 4.69) is 35.9 Å². The molecule has 0 radical (unpaired) electrons.